The summed E-state index contributed by atoms with van der Waals surface area (Å²) in [6, 6.07) is 14.2. The van der Waals surface area contributed by atoms with Gasteiger partial charge in [-0.05, 0) is 39.7 Å². The fourth-order valence-corrected chi connectivity index (χ4v) is 3.69. The number of hydrogen-bond donors (Lipinski definition) is 3. The number of nitrogens with one attached hydrogen (secondary N) is 2. The molecule has 4 rings (SSSR count). The van der Waals surface area contributed by atoms with Crippen LogP contribution >= 0.6 is 15.9 Å². The van der Waals surface area contributed by atoms with E-state index < -0.39 is 11.7 Å². The molecule has 4 aromatic rings. The Hall–Kier alpha value is -3.11. The van der Waals surface area contributed by atoms with Crippen molar-refractivity contribution in [2.75, 3.05) is 18.4 Å². The Bertz CT molecular complexity index is 1240. The van der Waals surface area contributed by atoms with E-state index in [9.17, 15) is 18.3 Å². The van der Waals surface area contributed by atoms with Crippen LogP contribution in [0.2, 0.25) is 0 Å². The molecule has 0 saturated carbocycles. The van der Waals surface area contributed by atoms with Crippen molar-refractivity contribution in [3.8, 4) is 17.0 Å². The molecule has 2 heterocycles. The number of anilines is 1. The van der Waals surface area contributed by atoms with Crippen molar-refractivity contribution in [1.82, 2.24) is 19.9 Å². The van der Waals surface area contributed by atoms with Gasteiger partial charge in [0.2, 0.25) is 0 Å². The molecule has 0 aliphatic rings. The van der Waals surface area contributed by atoms with Crippen molar-refractivity contribution in [2.45, 2.75) is 12.7 Å². The lowest BCUT2D eigenvalue weighted by Crippen LogP contribution is -2.24. The van der Waals surface area contributed by atoms with Crippen LogP contribution < -0.4 is 10.6 Å². The standard InChI is InChI=1S/C22H19BrF3N5O/c23-17-13-29-31-20(11-18(30-21(17)31)15-6-2-4-8-19(15)32)28-10-9-27-12-14-5-1-3-7-16(14)22(24,25)26/h1-8,11,13,27-28,32H,9-10,12H2. The molecule has 6 nitrogen and oxygen atoms in total. The van der Waals surface area contributed by atoms with Crippen LogP contribution in [0.3, 0.4) is 0 Å². The van der Waals surface area contributed by atoms with Gasteiger partial charge in [-0.2, -0.15) is 22.8 Å². The summed E-state index contributed by atoms with van der Waals surface area (Å²) < 4.78 is 41.7. The number of para-hydroxylation sites is 1. The van der Waals surface area contributed by atoms with Gasteiger partial charge in [-0.15, -0.1) is 0 Å². The second kappa shape index (κ2) is 9.17. The number of nitrogens with zero attached hydrogens (tertiary/aromatic N) is 3. The van der Waals surface area contributed by atoms with Crippen molar-refractivity contribution in [3.63, 3.8) is 0 Å². The zero-order chi connectivity index (χ0) is 22.7. The molecule has 2 aromatic heterocycles. The van der Waals surface area contributed by atoms with Gasteiger partial charge in [0.25, 0.3) is 0 Å². The normalized spacial score (nSPS) is 11.8. The molecule has 0 aliphatic heterocycles. The number of aromatic nitrogens is 3. The van der Waals surface area contributed by atoms with Crippen LogP contribution in [0.1, 0.15) is 11.1 Å². The molecule has 0 fully saturated rings. The Balaban J connectivity index is 1.47. The van der Waals surface area contributed by atoms with Crippen molar-refractivity contribution in [1.29, 1.82) is 0 Å². The Morgan fingerprint density at radius 3 is 2.56 bits per heavy atom. The first-order valence-corrected chi connectivity index (χ1v) is 10.6. The van der Waals surface area contributed by atoms with Crippen molar-refractivity contribution in [3.05, 3.63) is 76.4 Å². The summed E-state index contributed by atoms with van der Waals surface area (Å²) in [4.78, 5) is 4.57. The summed E-state index contributed by atoms with van der Waals surface area (Å²) in [6.45, 7) is 0.953. The molecule has 32 heavy (non-hydrogen) atoms. The van der Waals surface area contributed by atoms with Gasteiger partial charge in [-0.3, -0.25) is 0 Å². The maximum absolute atomic E-state index is 13.1. The fourth-order valence-electron chi connectivity index (χ4n) is 3.34. The van der Waals surface area contributed by atoms with E-state index in [4.69, 9.17) is 0 Å². The van der Waals surface area contributed by atoms with E-state index in [0.717, 1.165) is 6.07 Å². The van der Waals surface area contributed by atoms with Crippen LogP contribution in [0.15, 0.2) is 65.3 Å². The molecule has 10 heteroatoms. The smallest absolute Gasteiger partial charge is 0.416 e. The molecule has 0 atom stereocenters. The highest BCUT2D eigenvalue weighted by atomic mass is 79.9. The largest absolute Gasteiger partial charge is 0.507 e. The highest BCUT2D eigenvalue weighted by Gasteiger charge is 2.32. The first kappa shape index (κ1) is 22.1. The summed E-state index contributed by atoms with van der Waals surface area (Å²) in [5, 5.41) is 20.8. The maximum atomic E-state index is 13.1. The van der Waals surface area contributed by atoms with E-state index in [2.05, 4.69) is 36.6 Å². The summed E-state index contributed by atoms with van der Waals surface area (Å²) in [5.74, 6) is 0.743. The van der Waals surface area contributed by atoms with E-state index in [1.807, 2.05) is 6.07 Å². The molecule has 2 aromatic carbocycles. The molecular weight excluding hydrogens is 487 g/mol. The number of rotatable bonds is 7. The number of halogens is 4. The molecule has 0 spiro atoms. The third kappa shape index (κ3) is 4.71. The highest BCUT2D eigenvalue weighted by Crippen LogP contribution is 2.32. The zero-order valence-corrected chi connectivity index (χ0v) is 18.3. The minimum Gasteiger partial charge on any atom is -0.507 e. The number of fused-ring (bicyclic) bond motifs is 1. The molecule has 166 valence electrons. The number of benzene rings is 2. The van der Waals surface area contributed by atoms with E-state index in [0.29, 0.717) is 40.3 Å². The van der Waals surface area contributed by atoms with Gasteiger partial charge >= 0.3 is 6.18 Å². The van der Waals surface area contributed by atoms with Gasteiger partial charge in [-0.25, -0.2) is 4.98 Å². The lowest BCUT2D eigenvalue weighted by atomic mass is 10.1. The van der Waals surface area contributed by atoms with Gasteiger partial charge in [0.05, 0.1) is 21.9 Å². The quantitative estimate of drug-likeness (QED) is 0.305. The van der Waals surface area contributed by atoms with E-state index in [1.165, 1.54) is 12.1 Å². The van der Waals surface area contributed by atoms with E-state index >= 15 is 0 Å². The Labute approximate surface area is 190 Å². The summed E-state index contributed by atoms with van der Waals surface area (Å²) in [5.41, 5.74) is 1.27. The van der Waals surface area contributed by atoms with Gasteiger partial charge in [0.1, 0.15) is 11.6 Å². The molecular formula is C22H19BrF3N5O. The van der Waals surface area contributed by atoms with Crippen LogP contribution in [-0.4, -0.2) is 32.8 Å². The number of hydrogen-bond acceptors (Lipinski definition) is 5. The highest BCUT2D eigenvalue weighted by molar-refractivity contribution is 9.10. The molecule has 0 amide bonds. The number of phenolic OH excluding ortho intramolecular Hbond substituents is 1. The van der Waals surface area contributed by atoms with E-state index in [1.54, 1.807) is 41.0 Å². The lowest BCUT2D eigenvalue weighted by Gasteiger charge is -2.14. The predicted octanol–water partition coefficient (Wildman–Crippen LogP) is 5.08. The molecule has 0 aliphatic carbocycles. The molecule has 0 radical (unpaired) electrons. The average molecular weight is 506 g/mol. The Morgan fingerprint density at radius 1 is 1.03 bits per heavy atom. The third-order valence-electron chi connectivity index (χ3n) is 4.85. The van der Waals surface area contributed by atoms with Crippen molar-refractivity contribution < 1.29 is 18.3 Å². The summed E-state index contributed by atoms with van der Waals surface area (Å²) in [7, 11) is 0. The number of aromatic hydroxyl groups is 1. The summed E-state index contributed by atoms with van der Waals surface area (Å²) in [6.07, 6.45) is -2.76. The number of phenols is 1. The molecule has 0 unspecified atom stereocenters. The van der Waals surface area contributed by atoms with Crippen LogP contribution in [0.5, 0.6) is 5.75 Å². The minimum absolute atomic E-state index is 0.0968. The Morgan fingerprint density at radius 2 is 1.78 bits per heavy atom. The second-order valence-electron chi connectivity index (χ2n) is 7.03. The van der Waals surface area contributed by atoms with Crippen molar-refractivity contribution in [2.24, 2.45) is 0 Å². The van der Waals surface area contributed by atoms with Crippen LogP contribution in [0, 0.1) is 0 Å². The molecule has 0 saturated heterocycles. The van der Waals surface area contributed by atoms with Gasteiger partial charge in [0, 0.05) is 31.3 Å². The van der Waals surface area contributed by atoms with Gasteiger partial charge in [-0.1, -0.05) is 30.3 Å². The first-order chi connectivity index (χ1) is 15.3. The fraction of sp³-hybridized carbons (Fsp3) is 0.182. The Kier molecular flexibility index (Phi) is 6.33. The van der Waals surface area contributed by atoms with E-state index in [-0.39, 0.29) is 17.9 Å². The molecule has 0 bridgehead atoms. The SMILES string of the molecule is Oc1ccccc1-c1cc(NCCNCc2ccccc2C(F)(F)F)n2ncc(Br)c2n1. The lowest BCUT2D eigenvalue weighted by molar-refractivity contribution is -0.138. The van der Waals surface area contributed by atoms with Crippen LogP contribution in [-0.2, 0) is 12.7 Å². The monoisotopic (exact) mass is 505 g/mol. The minimum atomic E-state index is -4.38. The molecule has 3 N–H and O–H groups in total. The predicted molar refractivity (Wildman–Crippen MR) is 119 cm³/mol. The first-order valence-electron chi connectivity index (χ1n) is 9.77. The second-order valence-corrected chi connectivity index (χ2v) is 7.88. The summed E-state index contributed by atoms with van der Waals surface area (Å²) >= 11 is 3.43. The van der Waals surface area contributed by atoms with Gasteiger partial charge < -0.3 is 15.7 Å². The third-order valence-corrected chi connectivity index (χ3v) is 5.41. The van der Waals surface area contributed by atoms with Gasteiger partial charge in [0.15, 0.2) is 5.65 Å². The zero-order valence-electron chi connectivity index (χ0n) is 16.7. The maximum Gasteiger partial charge on any atom is 0.416 e. The number of alkyl halides is 3. The van der Waals surface area contributed by atoms with Crippen LogP contribution in [0.4, 0.5) is 19.0 Å². The van der Waals surface area contributed by atoms with Crippen LogP contribution in [0.25, 0.3) is 16.9 Å². The topological polar surface area (TPSA) is 74.5 Å². The van der Waals surface area contributed by atoms with Crippen molar-refractivity contribution >= 4 is 27.4 Å². The average Bonchev–Trinajstić information content (AvgIpc) is 3.14.